The Balaban J connectivity index is 1.37. The van der Waals surface area contributed by atoms with E-state index < -0.39 is 17.0 Å². The first kappa shape index (κ1) is 24.1. The zero-order valence-corrected chi connectivity index (χ0v) is 20.8. The number of carbonyl (C=O) groups is 1. The van der Waals surface area contributed by atoms with Gasteiger partial charge in [-0.1, -0.05) is 32.9 Å². The van der Waals surface area contributed by atoms with Crippen LogP contribution in [0.3, 0.4) is 0 Å². The summed E-state index contributed by atoms with van der Waals surface area (Å²) in [5.74, 6) is 0.0101. The second-order valence-electron chi connectivity index (χ2n) is 9.81. The molecule has 0 saturated carbocycles. The number of benzene rings is 3. The van der Waals surface area contributed by atoms with E-state index >= 15 is 0 Å². The van der Waals surface area contributed by atoms with Gasteiger partial charge in [0.1, 0.15) is 28.9 Å². The number of hydrogen-bond donors (Lipinski definition) is 0. The Morgan fingerprint density at radius 1 is 0.811 bits per heavy atom. The van der Waals surface area contributed by atoms with Crippen molar-refractivity contribution in [1.29, 1.82) is 0 Å². The minimum atomic E-state index is -0.514. The fourth-order valence-corrected chi connectivity index (χ4v) is 3.99. The third kappa shape index (κ3) is 4.89. The van der Waals surface area contributed by atoms with Gasteiger partial charge in [0.2, 0.25) is 11.2 Å². The minimum Gasteiger partial charge on any atom is -0.460 e. The average Bonchev–Trinajstić information content (AvgIpc) is 2.85. The highest BCUT2D eigenvalue weighted by Gasteiger charge is 2.16. The molecule has 0 N–H and O–H groups in total. The minimum absolute atomic E-state index is 0.0238. The lowest BCUT2D eigenvalue weighted by molar-refractivity contribution is 0.0735. The van der Waals surface area contributed by atoms with Crippen molar-refractivity contribution < 1.29 is 23.1 Å². The molecule has 37 heavy (non-hydrogen) atoms. The number of esters is 1. The molecule has 0 fully saturated rings. The van der Waals surface area contributed by atoms with Crippen molar-refractivity contribution >= 4 is 27.9 Å². The van der Waals surface area contributed by atoms with Crippen molar-refractivity contribution in [2.45, 2.75) is 33.1 Å². The van der Waals surface area contributed by atoms with Gasteiger partial charge in [-0.15, -0.1) is 0 Å². The number of fused-ring (bicyclic) bond motifs is 2. The summed E-state index contributed by atoms with van der Waals surface area (Å²) >= 11 is 0. The van der Waals surface area contributed by atoms with Gasteiger partial charge >= 0.3 is 11.6 Å². The average molecular weight is 497 g/mol. The maximum Gasteiger partial charge on any atom is 0.343 e. The van der Waals surface area contributed by atoms with Crippen LogP contribution in [0.4, 0.5) is 0 Å². The molecular weight excluding hydrogens is 472 g/mol. The maximum absolute atomic E-state index is 13.0. The Morgan fingerprint density at radius 3 is 2.22 bits per heavy atom. The third-order valence-electron chi connectivity index (χ3n) is 6.06. The topological polar surface area (TPSA) is 95.9 Å². The molecule has 7 nitrogen and oxygen atoms in total. The quantitative estimate of drug-likeness (QED) is 0.159. The Morgan fingerprint density at radius 2 is 1.49 bits per heavy atom. The Hall–Kier alpha value is -4.65. The van der Waals surface area contributed by atoms with Crippen molar-refractivity contribution in [2.75, 3.05) is 0 Å². The summed E-state index contributed by atoms with van der Waals surface area (Å²) in [7, 11) is 0. The molecule has 2 heterocycles. The van der Waals surface area contributed by atoms with E-state index in [-0.39, 0.29) is 27.9 Å². The first-order valence-corrected chi connectivity index (χ1v) is 11.7. The number of rotatable bonds is 4. The number of ether oxygens (including phenoxy) is 2. The molecule has 0 saturated heterocycles. The molecule has 0 atom stereocenters. The monoisotopic (exact) mass is 496 g/mol. The van der Waals surface area contributed by atoms with Gasteiger partial charge in [0, 0.05) is 23.6 Å². The summed E-state index contributed by atoms with van der Waals surface area (Å²) in [5.41, 5.74) is 2.01. The van der Waals surface area contributed by atoms with Crippen LogP contribution in [-0.4, -0.2) is 5.97 Å². The smallest absolute Gasteiger partial charge is 0.343 e. The molecule has 0 spiro atoms. The molecule has 7 heteroatoms. The van der Waals surface area contributed by atoms with E-state index in [2.05, 4.69) is 20.8 Å². The van der Waals surface area contributed by atoms with Crippen LogP contribution in [-0.2, 0) is 5.41 Å². The van der Waals surface area contributed by atoms with Gasteiger partial charge in [0.25, 0.3) is 0 Å². The van der Waals surface area contributed by atoms with E-state index in [1.807, 2.05) is 19.1 Å². The van der Waals surface area contributed by atoms with Crippen LogP contribution in [0, 0.1) is 6.92 Å². The van der Waals surface area contributed by atoms with Gasteiger partial charge in [0.05, 0.1) is 10.9 Å². The Labute approximate surface area is 211 Å². The highest BCUT2D eigenvalue weighted by atomic mass is 16.5. The fourth-order valence-electron chi connectivity index (χ4n) is 3.99. The molecule has 0 bridgehead atoms. The van der Waals surface area contributed by atoms with Gasteiger partial charge in [-0.05, 0) is 59.9 Å². The molecule has 0 aliphatic heterocycles. The first-order valence-electron chi connectivity index (χ1n) is 11.7. The summed E-state index contributed by atoms with van der Waals surface area (Å²) in [6, 6.07) is 18.2. The normalized spacial score (nSPS) is 11.6. The van der Waals surface area contributed by atoms with Crippen molar-refractivity contribution in [3.63, 3.8) is 0 Å². The van der Waals surface area contributed by atoms with Crippen LogP contribution in [0.15, 0.2) is 91.4 Å². The first-order chi connectivity index (χ1) is 17.6. The van der Waals surface area contributed by atoms with Crippen LogP contribution < -0.4 is 20.5 Å². The second kappa shape index (κ2) is 9.09. The van der Waals surface area contributed by atoms with Gasteiger partial charge in [-0.25, -0.2) is 9.59 Å². The van der Waals surface area contributed by atoms with Gasteiger partial charge in [0.15, 0.2) is 0 Å². The van der Waals surface area contributed by atoms with E-state index in [1.54, 1.807) is 30.3 Å². The highest BCUT2D eigenvalue weighted by molar-refractivity contribution is 5.91. The standard InChI is InChI=1S/C30H24O7/c1-17-13-27(31)37-25-15-20(9-11-22(17)25)35-26-16-34-24-14-21(10-12-23(24)28(26)32)36-29(33)18-5-7-19(8-6-18)30(2,3)4/h5-16H,1-4H3. The maximum atomic E-state index is 13.0. The number of hydrogen-bond acceptors (Lipinski definition) is 7. The molecule has 5 rings (SSSR count). The second-order valence-corrected chi connectivity index (χ2v) is 9.81. The molecule has 0 unspecified atom stereocenters. The molecule has 0 aliphatic rings. The summed E-state index contributed by atoms with van der Waals surface area (Å²) in [6.07, 6.45) is 1.19. The van der Waals surface area contributed by atoms with Crippen molar-refractivity contribution in [1.82, 2.24) is 0 Å². The van der Waals surface area contributed by atoms with Gasteiger partial charge in [-0.2, -0.15) is 0 Å². The van der Waals surface area contributed by atoms with Crippen LogP contribution in [0.5, 0.6) is 17.2 Å². The molecular formula is C30H24O7. The fraction of sp³-hybridized carbons (Fsp3) is 0.167. The highest BCUT2D eigenvalue weighted by Crippen LogP contribution is 2.28. The largest absolute Gasteiger partial charge is 0.460 e. The molecule has 2 aromatic heterocycles. The third-order valence-corrected chi connectivity index (χ3v) is 6.06. The predicted molar refractivity (Wildman–Crippen MR) is 140 cm³/mol. The molecule has 5 aromatic rings. The Bertz CT molecular complexity index is 1770. The lowest BCUT2D eigenvalue weighted by atomic mass is 9.87. The summed E-state index contributed by atoms with van der Waals surface area (Å²) < 4.78 is 22.1. The molecule has 3 aromatic carbocycles. The van der Waals surface area contributed by atoms with Crippen LogP contribution >= 0.6 is 0 Å². The van der Waals surface area contributed by atoms with E-state index in [4.69, 9.17) is 18.3 Å². The van der Waals surface area contributed by atoms with Crippen LogP contribution in [0.1, 0.15) is 42.3 Å². The SMILES string of the molecule is Cc1cc(=O)oc2cc(Oc3coc4cc(OC(=O)c5ccc(C(C)(C)C)cc5)ccc4c3=O)ccc12. The zero-order chi connectivity index (χ0) is 26.3. The lowest BCUT2D eigenvalue weighted by Crippen LogP contribution is -2.13. The van der Waals surface area contributed by atoms with E-state index in [1.165, 1.54) is 30.5 Å². The van der Waals surface area contributed by atoms with Crippen molar-refractivity contribution in [2.24, 2.45) is 0 Å². The molecule has 0 amide bonds. The predicted octanol–water partition coefficient (Wildman–Crippen LogP) is 6.52. The number of carbonyl (C=O) groups excluding carboxylic acids is 1. The molecule has 0 aliphatic carbocycles. The van der Waals surface area contributed by atoms with E-state index in [0.29, 0.717) is 16.9 Å². The molecule has 186 valence electrons. The van der Waals surface area contributed by atoms with Crippen molar-refractivity contribution in [3.05, 3.63) is 110 Å². The lowest BCUT2D eigenvalue weighted by Gasteiger charge is -2.18. The summed E-state index contributed by atoms with van der Waals surface area (Å²) in [5, 5.41) is 1.03. The summed E-state index contributed by atoms with van der Waals surface area (Å²) in [6.45, 7) is 8.11. The van der Waals surface area contributed by atoms with Crippen LogP contribution in [0.25, 0.3) is 21.9 Å². The number of aryl methyl sites for hydroxylation is 1. The Kier molecular flexibility index (Phi) is 5.91. The van der Waals surface area contributed by atoms with Crippen molar-refractivity contribution in [3.8, 4) is 17.2 Å². The zero-order valence-electron chi connectivity index (χ0n) is 20.8. The van der Waals surface area contributed by atoms with E-state index in [9.17, 15) is 14.4 Å². The van der Waals surface area contributed by atoms with Crippen LogP contribution in [0.2, 0.25) is 0 Å². The van der Waals surface area contributed by atoms with E-state index in [0.717, 1.165) is 16.5 Å². The summed E-state index contributed by atoms with van der Waals surface area (Å²) in [4.78, 5) is 37.3. The van der Waals surface area contributed by atoms with Gasteiger partial charge in [-0.3, -0.25) is 4.79 Å². The van der Waals surface area contributed by atoms with Gasteiger partial charge < -0.3 is 18.3 Å². The molecule has 0 radical (unpaired) electrons.